The largest absolute Gasteiger partial charge is 0.493 e. The van der Waals surface area contributed by atoms with Crippen molar-refractivity contribution >= 4 is 17.8 Å². The SMILES string of the molecule is COc1ccc(CCN2CC(C(=O)NC3CC(C(=O)O)C3)CC2=O)cc1OC. The Kier molecular flexibility index (Phi) is 6.06. The lowest BCUT2D eigenvalue weighted by Crippen LogP contribution is -2.48. The molecule has 1 unspecified atom stereocenters. The molecule has 1 aromatic carbocycles. The fourth-order valence-corrected chi connectivity index (χ4v) is 3.72. The van der Waals surface area contributed by atoms with E-state index >= 15 is 0 Å². The quantitative estimate of drug-likeness (QED) is 0.688. The highest BCUT2D eigenvalue weighted by Crippen LogP contribution is 2.29. The molecule has 2 fully saturated rings. The Balaban J connectivity index is 1.48. The lowest BCUT2D eigenvalue weighted by molar-refractivity contribution is -0.146. The molecule has 1 heterocycles. The van der Waals surface area contributed by atoms with Crippen molar-refractivity contribution in [2.75, 3.05) is 27.3 Å². The molecule has 28 heavy (non-hydrogen) atoms. The van der Waals surface area contributed by atoms with E-state index in [-0.39, 0.29) is 36.1 Å². The second kappa shape index (κ2) is 8.50. The standard InChI is InChI=1S/C20H26N2O6/c1-27-16-4-3-12(7-17(16)28-2)5-6-22-11-14(10-18(22)23)19(24)21-15-8-13(9-15)20(25)26/h3-4,7,13-15H,5-6,8-11H2,1-2H3,(H,21,24)(H,25,26). The Bertz CT molecular complexity index is 759. The number of aliphatic carboxylic acids is 1. The summed E-state index contributed by atoms with van der Waals surface area (Å²) in [6, 6.07) is 5.56. The first-order valence-corrected chi connectivity index (χ1v) is 9.43. The molecule has 0 radical (unpaired) electrons. The Morgan fingerprint density at radius 1 is 1.18 bits per heavy atom. The van der Waals surface area contributed by atoms with E-state index in [1.54, 1.807) is 19.1 Å². The molecule has 1 aromatic rings. The zero-order chi connectivity index (χ0) is 20.3. The van der Waals surface area contributed by atoms with Gasteiger partial charge in [0.05, 0.1) is 26.1 Å². The highest BCUT2D eigenvalue weighted by atomic mass is 16.5. The summed E-state index contributed by atoms with van der Waals surface area (Å²) in [5.74, 6) is -0.446. The van der Waals surface area contributed by atoms with Crippen LogP contribution in [0.25, 0.3) is 0 Å². The number of carbonyl (C=O) groups is 3. The fourth-order valence-electron chi connectivity index (χ4n) is 3.72. The third-order valence-corrected chi connectivity index (χ3v) is 5.54. The van der Waals surface area contributed by atoms with E-state index in [1.165, 1.54) is 0 Å². The van der Waals surface area contributed by atoms with E-state index in [0.29, 0.717) is 43.9 Å². The molecule has 3 rings (SSSR count). The maximum atomic E-state index is 12.4. The van der Waals surface area contributed by atoms with Crippen molar-refractivity contribution in [3.05, 3.63) is 23.8 Å². The normalized spacial score (nSPS) is 23.9. The molecule has 0 bridgehead atoms. The molecule has 0 spiro atoms. The summed E-state index contributed by atoms with van der Waals surface area (Å²) in [6.07, 6.45) is 1.78. The number of nitrogens with zero attached hydrogens (tertiary/aromatic N) is 1. The molecule has 1 aliphatic carbocycles. The number of hydrogen-bond acceptors (Lipinski definition) is 5. The molecule has 8 nitrogen and oxygen atoms in total. The number of ether oxygens (including phenoxy) is 2. The number of carbonyl (C=O) groups excluding carboxylic acids is 2. The number of carboxylic acids is 1. The van der Waals surface area contributed by atoms with Crippen LogP contribution in [0, 0.1) is 11.8 Å². The van der Waals surface area contributed by atoms with Crippen LogP contribution >= 0.6 is 0 Å². The molecule has 2 aliphatic rings. The predicted molar refractivity (Wildman–Crippen MR) is 100 cm³/mol. The van der Waals surface area contributed by atoms with Gasteiger partial charge < -0.3 is 24.8 Å². The molecule has 1 aliphatic heterocycles. The zero-order valence-corrected chi connectivity index (χ0v) is 16.1. The second-order valence-corrected chi connectivity index (χ2v) is 7.39. The third kappa shape index (κ3) is 4.37. The third-order valence-electron chi connectivity index (χ3n) is 5.54. The van der Waals surface area contributed by atoms with Crippen LogP contribution in [-0.2, 0) is 20.8 Å². The Labute approximate surface area is 163 Å². The summed E-state index contributed by atoms with van der Waals surface area (Å²) >= 11 is 0. The molecule has 152 valence electrons. The van der Waals surface area contributed by atoms with Crippen molar-refractivity contribution in [3.63, 3.8) is 0 Å². The highest BCUT2D eigenvalue weighted by molar-refractivity contribution is 5.89. The minimum absolute atomic E-state index is 0.0300. The van der Waals surface area contributed by atoms with Crippen LogP contribution in [0.4, 0.5) is 0 Å². The number of carboxylic acid groups (broad SMARTS) is 1. The van der Waals surface area contributed by atoms with Crippen molar-refractivity contribution in [1.82, 2.24) is 10.2 Å². The topological polar surface area (TPSA) is 105 Å². The first kappa shape index (κ1) is 20.0. The van der Waals surface area contributed by atoms with Crippen LogP contribution in [0.3, 0.4) is 0 Å². The molecule has 8 heteroatoms. The van der Waals surface area contributed by atoms with Gasteiger partial charge in [0.25, 0.3) is 0 Å². The molecule has 0 aromatic heterocycles. The van der Waals surface area contributed by atoms with Gasteiger partial charge in [0.2, 0.25) is 11.8 Å². The smallest absolute Gasteiger partial charge is 0.306 e. The van der Waals surface area contributed by atoms with Crippen LogP contribution in [0.2, 0.25) is 0 Å². The van der Waals surface area contributed by atoms with Crippen LogP contribution in [0.5, 0.6) is 11.5 Å². The number of benzene rings is 1. The van der Waals surface area contributed by atoms with Gasteiger partial charge in [0, 0.05) is 25.6 Å². The minimum atomic E-state index is -0.817. The van der Waals surface area contributed by atoms with Gasteiger partial charge in [-0.1, -0.05) is 6.07 Å². The van der Waals surface area contributed by atoms with Gasteiger partial charge in [-0.3, -0.25) is 14.4 Å². The average Bonchev–Trinajstić information content (AvgIpc) is 3.02. The van der Waals surface area contributed by atoms with E-state index in [9.17, 15) is 14.4 Å². The number of nitrogens with one attached hydrogen (secondary N) is 1. The number of methoxy groups -OCH3 is 2. The fraction of sp³-hybridized carbons (Fsp3) is 0.550. The number of hydrogen-bond donors (Lipinski definition) is 2. The molecular weight excluding hydrogens is 364 g/mol. The first-order chi connectivity index (χ1) is 13.4. The molecule has 2 N–H and O–H groups in total. The molecule has 1 saturated heterocycles. The van der Waals surface area contributed by atoms with Crippen LogP contribution < -0.4 is 14.8 Å². The van der Waals surface area contributed by atoms with E-state index in [4.69, 9.17) is 14.6 Å². The lowest BCUT2D eigenvalue weighted by atomic mass is 9.80. The maximum absolute atomic E-state index is 12.4. The summed E-state index contributed by atoms with van der Waals surface area (Å²) in [6.45, 7) is 0.926. The summed E-state index contributed by atoms with van der Waals surface area (Å²) in [7, 11) is 3.16. The maximum Gasteiger partial charge on any atom is 0.306 e. The summed E-state index contributed by atoms with van der Waals surface area (Å²) in [4.78, 5) is 37.2. The van der Waals surface area contributed by atoms with Crippen molar-refractivity contribution in [2.24, 2.45) is 11.8 Å². The van der Waals surface area contributed by atoms with Gasteiger partial charge in [-0.15, -0.1) is 0 Å². The Hall–Kier alpha value is -2.77. The number of likely N-dealkylation sites (tertiary alicyclic amines) is 1. The molecular formula is C20H26N2O6. The van der Waals surface area contributed by atoms with Crippen LogP contribution in [0.1, 0.15) is 24.8 Å². The van der Waals surface area contributed by atoms with Crippen LogP contribution in [-0.4, -0.2) is 61.1 Å². The minimum Gasteiger partial charge on any atom is -0.493 e. The van der Waals surface area contributed by atoms with Gasteiger partial charge in [-0.25, -0.2) is 0 Å². The number of rotatable bonds is 8. The van der Waals surface area contributed by atoms with Crippen molar-refractivity contribution in [1.29, 1.82) is 0 Å². The van der Waals surface area contributed by atoms with Gasteiger partial charge in [-0.05, 0) is 37.0 Å². The first-order valence-electron chi connectivity index (χ1n) is 9.43. The van der Waals surface area contributed by atoms with E-state index in [1.807, 2.05) is 18.2 Å². The highest BCUT2D eigenvalue weighted by Gasteiger charge is 2.39. The van der Waals surface area contributed by atoms with E-state index in [0.717, 1.165) is 5.56 Å². The van der Waals surface area contributed by atoms with Crippen molar-refractivity contribution < 1.29 is 29.0 Å². The van der Waals surface area contributed by atoms with Gasteiger partial charge in [0.1, 0.15) is 0 Å². The van der Waals surface area contributed by atoms with Gasteiger partial charge >= 0.3 is 5.97 Å². The molecule has 2 amide bonds. The molecule has 1 atom stereocenters. The average molecular weight is 390 g/mol. The van der Waals surface area contributed by atoms with Crippen LogP contribution in [0.15, 0.2) is 18.2 Å². The Morgan fingerprint density at radius 2 is 1.89 bits per heavy atom. The molecule has 1 saturated carbocycles. The van der Waals surface area contributed by atoms with E-state index in [2.05, 4.69) is 5.32 Å². The zero-order valence-electron chi connectivity index (χ0n) is 16.1. The predicted octanol–water partition coefficient (Wildman–Crippen LogP) is 1.07. The van der Waals surface area contributed by atoms with Gasteiger partial charge in [-0.2, -0.15) is 0 Å². The summed E-state index contributed by atoms with van der Waals surface area (Å²) < 4.78 is 10.5. The monoisotopic (exact) mass is 390 g/mol. The lowest BCUT2D eigenvalue weighted by Gasteiger charge is -2.33. The summed E-state index contributed by atoms with van der Waals surface area (Å²) in [5.41, 5.74) is 1.02. The van der Waals surface area contributed by atoms with Crippen molar-refractivity contribution in [2.45, 2.75) is 31.7 Å². The summed E-state index contributed by atoms with van der Waals surface area (Å²) in [5, 5.41) is 11.8. The van der Waals surface area contributed by atoms with Gasteiger partial charge in [0.15, 0.2) is 11.5 Å². The second-order valence-electron chi connectivity index (χ2n) is 7.39. The van der Waals surface area contributed by atoms with Crippen molar-refractivity contribution in [3.8, 4) is 11.5 Å². The Morgan fingerprint density at radius 3 is 2.54 bits per heavy atom. The number of amides is 2. The van der Waals surface area contributed by atoms with E-state index < -0.39 is 5.97 Å².